The van der Waals surface area contributed by atoms with Crippen molar-refractivity contribution in [2.45, 2.75) is 0 Å². The number of aromatic nitrogens is 1. The Morgan fingerprint density at radius 3 is 2.81 bits per heavy atom. The molecule has 2 rings (SSSR count). The summed E-state index contributed by atoms with van der Waals surface area (Å²) in [5.41, 5.74) is 0.402. The van der Waals surface area contributed by atoms with Crippen LogP contribution < -0.4 is 5.43 Å². The van der Waals surface area contributed by atoms with Crippen LogP contribution in [0.1, 0.15) is 0 Å². The maximum atomic E-state index is 11.6. The molecule has 2 aromatic rings. The van der Waals surface area contributed by atoms with Crippen LogP contribution in [-0.4, -0.2) is 17.8 Å². The Morgan fingerprint density at radius 1 is 1.38 bits per heavy atom. The van der Waals surface area contributed by atoms with Crippen molar-refractivity contribution in [2.75, 3.05) is 7.11 Å². The van der Waals surface area contributed by atoms with Gasteiger partial charge in [-0.1, -0.05) is 15.9 Å². The lowest BCUT2D eigenvalue weighted by Crippen LogP contribution is -2.15. The third-order valence-corrected chi connectivity index (χ3v) is 2.72. The maximum absolute atomic E-state index is 11.6. The van der Waals surface area contributed by atoms with Gasteiger partial charge in [-0.05, 0) is 18.2 Å². The molecular weight excluding hydrogens is 274 g/mol. The van der Waals surface area contributed by atoms with E-state index in [-0.39, 0.29) is 5.43 Å². The highest BCUT2D eigenvalue weighted by atomic mass is 79.9. The number of hydrogen-bond acceptors (Lipinski definition) is 3. The summed E-state index contributed by atoms with van der Waals surface area (Å²) in [5.74, 6) is 0. The fourth-order valence-corrected chi connectivity index (χ4v) is 1.85. The topological polar surface area (TPSA) is 48.3 Å². The number of ether oxygens (including phenoxy) is 1. The average molecular weight is 282 g/mol. The minimum absolute atomic E-state index is 0.128. The summed E-state index contributed by atoms with van der Waals surface area (Å²) in [7, 11) is 1.30. The summed E-state index contributed by atoms with van der Waals surface area (Å²) >= 11 is 3.28. The second kappa shape index (κ2) is 4.09. The summed E-state index contributed by atoms with van der Waals surface area (Å²) in [6.45, 7) is 0. The summed E-state index contributed by atoms with van der Waals surface area (Å²) < 4.78 is 6.71. The van der Waals surface area contributed by atoms with Gasteiger partial charge in [-0.3, -0.25) is 9.36 Å². The van der Waals surface area contributed by atoms with Gasteiger partial charge in [-0.2, -0.15) is 0 Å². The van der Waals surface area contributed by atoms with E-state index in [0.717, 1.165) is 4.47 Å². The number of benzene rings is 1. The number of fused-ring (bicyclic) bond motifs is 1. The molecule has 0 aliphatic heterocycles. The van der Waals surface area contributed by atoms with Crippen molar-refractivity contribution >= 4 is 32.9 Å². The molecular formula is C11H8BrNO3. The molecule has 5 heteroatoms. The van der Waals surface area contributed by atoms with Crippen LogP contribution >= 0.6 is 15.9 Å². The van der Waals surface area contributed by atoms with Crippen molar-refractivity contribution in [3.8, 4) is 0 Å². The SMILES string of the molecule is COC(=O)n1ccc(=O)c2cc(Br)ccc21. The van der Waals surface area contributed by atoms with Gasteiger partial charge in [0.05, 0.1) is 12.6 Å². The second-order valence-electron chi connectivity index (χ2n) is 3.18. The van der Waals surface area contributed by atoms with Crippen molar-refractivity contribution in [1.82, 2.24) is 4.57 Å². The molecule has 16 heavy (non-hydrogen) atoms. The lowest BCUT2D eigenvalue weighted by Gasteiger charge is -2.07. The quantitative estimate of drug-likeness (QED) is 0.745. The van der Waals surface area contributed by atoms with E-state index in [1.165, 1.54) is 23.9 Å². The van der Waals surface area contributed by atoms with E-state index in [2.05, 4.69) is 20.7 Å². The van der Waals surface area contributed by atoms with Crippen molar-refractivity contribution < 1.29 is 9.53 Å². The van der Waals surface area contributed by atoms with E-state index >= 15 is 0 Å². The third kappa shape index (κ3) is 1.74. The zero-order valence-corrected chi connectivity index (χ0v) is 10.0. The fraction of sp³-hybridized carbons (Fsp3) is 0.0909. The Hall–Kier alpha value is -1.62. The average Bonchev–Trinajstić information content (AvgIpc) is 2.29. The van der Waals surface area contributed by atoms with Gasteiger partial charge < -0.3 is 4.74 Å². The number of carbonyl (C=O) groups excluding carboxylic acids is 1. The van der Waals surface area contributed by atoms with Gasteiger partial charge in [0.2, 0.25) is 0 Å². The first-order valence-corrected chi connectivity index (χ1v) is 5.32. The molecule has 4 nitrogen and oxygen atoms in total. The zero-order valence-electron chi connectivity index (χ0n) is 8.44. The van der Waals surface area contributed by atoms with Crippen LogP contribution in [0.3, 0.4) is 0 Å². The standard InChI is InChI=1S/C11H8BrNO3/c1-16-11(15)13-5-4-10(14)8-6-7(12)2-3-9(8)13/h2-6H,1H3. The van der Waals surface area contributed by atoms with E-state index in [0.29, 0.717) is 10.9 Å². The van der Waals surface area contributed by atoms with Crippen LogP contribution in [0.4, 0.5) is 4.79 Å². The molecule has 0 spiro atoms. The number of nitrogens with zero attached hydrogens (tertiary/aromatic N) is 1. The van der Waals surface area contributed by atoms with Crippen LogP contribution in [-0.2, 0) is 4.74 Å². The molecule has 0 saturated carbocycles. The smallest absolute Gasteiger partial charge is 0.418 e. The molecule has 0 bridgehead atoms. The predicted molar refractivity (Wildman–Crippen MR) is 63.7 cm³/mol. The first-order chi connectivity index (χ1) is 7.63. The number of pyridine rings is 1. The zero-order chi connectivity index (χ0) is 11.7. The number of rotatable bonds is 0. The molecule has 0 amide bonds. The molecule has 0 unspecified atom stereocenters. The van der Waals surface area contributed by atoms with Crippen molar-refractivity contribution in [3.63, 3.8) is 0 Å². The summed E-state index contributed by atoms with van der Waals surface area (Å²) in [6.07, 6.45) is 0.886. The Labute approximate surface area is 99.6 Å². The lowest BCUT2D eigenvalue weighted by atomic mass is 10.2. The van der Waals surface area contributed by atoms with E-state index < -0.39 is 6.09 Å². The highest BCUT2D eigenvalue weighted by molar-refractivity contribution is 9.10. The van der Waals surface area contributed by atoms with E-state index in [9.17, 15) is 9.59 Å². The van der Waals surface area contributed by atoms with E-state index in [1.807, 2.05) is 0 Å². The molecule has 1 heterocycles. The number of methoxy groups -OCH3 is 1. The lowest BCUT2D eigenvalue weighted by molar-refractivity contribution is 0.174. The molecule has 0 saturated heterocycles. The van der Waals surface area contributed by atoms with Gasteiger partial charge in [0.25, 0.3) is 0 Å². The van der Waals surface area contributed by atoms with Crippen molar-refractivity contribution in [1.29, 1.82) is 0 Å². The second-order valence-corrected chi connectivity index (χ2v) is 4.10. The van der Waals surface area contributed by atoms with Gasteiger partial charge >= 0.3 is 6.09 Å². The summed E-state index contributed by atoms with van der Waals surface area (Å²) in [4.78, 5) is 23.1. The normalized spacial score (nSPS) is 10.4. The minimum atomic E-state index is -0.521. The fourth-order valence-electron chi connectivity index (χ4n) is 1.49. The Bertz CT molecular complexity index is 618. The molecule has 0 aliphatic rings. The molecule has 0 fully saturated rings. The minimum Gasteiger partial charge on any atom is -0.452 e. The molecule has 0 atom stereocenters. The largest absolute Gasteiger partial charge is 0.452 e. The van der Waals surface area contributed by atoms with Gasteiger partial charge in [0.15, 0.2) is 5.43 Å². The first-order valence-electron chi connectivity index (χ1n) is 4.53. The van der Waals surface area contributed by atoms with Crippen molar-refractivity contribution in [2.24, 2.45) is 0 Å². The van der Waals surface area contributed by atoms with Gasteiger partial charge in [0, 0.05) is 22.1 Å². The van der Waals surface area contributed by atoms with Crippen LogP contribution in [0.2, 0.25) is 0 Å². The number of halogens is 1. The highest BCUT2D eigenvalue weighted by Crippen LogP contribution is 2.17. The predicted octanol–water partition coefficient (Wildman–Crippen LogP) is 2.38. The summed E-state index contributed by atoms with van der Waals surface area (Å²) in [6, 6.07) is 6.47. The van der Waals surface area contributed by atoms with Gasteiger partial charge in [-0.15, -0.1) is 0 Å². The maximum Gasteiger partial charge on any atom is 0.418 e. The number of carbonyl (C=O) groups is 1. The number of hydrogen-bond donors (Lipinski definition) is 0. The van der Waals surface area contributed by atoms with Crippen LogP contribution in [0.25, 0.3) is 10.9 Å². The molecule has 0 aliphatic carbocycles. The molecule has 82 valence electrons. The Morgan fingerprint density at radius 2 is 2.12 bits per heavy atom. The molecule has 0 radical (unpaired) electrons. The van der Waals surface area contributed by atoms with Crippen LogP contribution in [0.5, 0.6) is 0 Å². The monoisotopic (exact) mass is 281 g/mol. The first kappa shape index (κ1) is 10.9. The van der Waals surface area contributed by atoms with Gasteiger partial charge in [0.1, 0.15) is 0 Å². The van der Waals surface area contributed by atoms with E-state index in [1.54, 1.807) is 18.2 Å². The molecule has 1 aromatic heterocycles. The summed E-state index contributed by atoms with van der Waals surface area (Å²) in [5, 5.41) is 0.474. The third-order valence-electron chi connectivity index (χ3n) is 2.23. The molecule has 1 aromatic carbocycles. The van der Waals surface area contributed by atoms with E-state index in [4.69, 9.17) is 0 Å². The Balaban J connectivity index is 2.84. The van der Waals surface area contributed by atoms with Crippen LogP contribution in [0, 0.1) is 0 Å². The van der Waals surface area contributed by atoms with Crippen molar-refractivity contribution in [3.05, 3.63) is 45.2 Å². The Kier molecular flexibility index (Phi) is 2.78. The molecule has 0 N–H and O–H groups in total. The van der Waals surface area contributed by atoms with Gasteiger partial charge in [-0.25, -0.2) is 4.79 Å². The highest BCUT2D eigenvalue weighted by Gasteiger charge is 2.08. The van der Waals surface area contributed by atoms with Crippen LogP contribution in [0.15, 0.2) is 39.7 Å².